The second-order valence-corrected chi connectivity index (χ2v) is 3.36. The van der Waals surface area contributed by atoms with E-state index in [1.54, 1.807) is 0 Å². The molecule has 1 heteroatoms. The van der Waals surface area contributed by atoms with Crippen LogP contribution in [-0.2, 0) is 5.11 Å². The Labute approximate surface area is 57.1 Å². The summed E-state index contributed by atoms with van der Waals surface area (Å²) in [5.74, 6) is 0. The summed E-state index contributed by atoms with van der Waals surface area (Å²) in [5.41, 5.74) is -0.587. The Balaban J connectivity index is 2.36. The van der Waals surface area contributed by atoms with Gasteiger partial charge < -0.3 is 0 Å². The second kappa shape index (κ2) is 2.70. The molecular formula is C8H15O. The lowest BCUT2D eigenvalue weighted by molar-refractivity contribution is -0.0253. The largest absolute Gasteiger partial charge is 0.230 e. The average molecular weight is 127 g/mol. The van der Waals surface area contributed by atoms with Gasteiger partial charge in [-0.15, -0.1) is 0 Å². The first kappa shape index (κ1) is 7.07. The first-order valence-electron chi connectivity index (χ1n) is 3.91. The smallest absolute Gasteiger partial charge is 0.101 e. The highest BCUT2D eigenvalue weighted by Gasteiger charge is 2.23. The number of hydrogen-bond donors (Lipinski definition) is 0. The van der Waals surface area contributed by atoms with Crippen LogP contribution in [0.3, 0.4) is 0 Å². The van der Waals surface area contributed by atoms with Gasteiger partial charge in [0.1, 0.15) is 5.60 Å². The molecule has 0 spiro atoms. The highest BCUT2D eigenvalue weighted by Crippen LogP contribution is 2.26. The van der Waals surface area contributed by atoms with Crippen molar-refractivity contribution in [3.63, 3.8) is 0 Å². The quantitative estimate of drug-likeness (QED) is 0.446. The highest BCUT2D eigenvalue weighted by molar-refractivity contribution is 4.74. The third-order valence-electron chi connectivity index (χ3n) is 2.16. The summed E-state index contributed by atoms with van der Waals surface area (Å²) in [6.45, 7) is 1.85. The molecule has 53 valence electrons. The lowest BCUT2D eigenvalue weighted by Crippen LogP contribution is -2.19. The molecule has 0 bridgehead atoms. The van der Waals surface area contributed by atoms with Crippen LogP contribution in [-0.4, -0.2) is 5.60 Å². The Kier molecular flexibility index (Phi) is 2.12. The van der Waals surface area contributed by atoms with E-state index in [0.29, 0.717) is 0 Å². The summed E-state index contributed by atoms with van der Waals surface area (Å²) in [6, 6.07) is 0. The van der Waals surface area contributed by atoms with Crippen LogP contribution in [0.4, 0.5) is 0 Å². The molecular weight excluding hydrogens is 112 g/mol. The molecule has 0 atom stereocenters. The molecule has 1 fully saturated rings. The van der Waals surface area contributed by atoms with Crippen LogP contribution in [0.5, 0.6) is 0 Å². The maximum Gasteiger partial charge on any atom is 0.101 e. The van der Waals surface area contributed by atoms with Gasteiger partial charge >= 0.3 is 0 Å². The zero-order valence-corrected chi connectivity index (χ0v) is 6.15. The van der Waals surface area contributed by atoms with Crippen molar-refractivity contribution >= 4 is 0 Å². The molecule has 0 saturated heterocycles. The molecule has 0 amide bonds. The predicted octanol–water partition coefficient (Wildman–Crippen LogP) is 2.53. The van der Waals surface area contributed by atoms with Crippen LogP contribution < -0.4 is 0 Å². The number of hydrogen-bond acceptors (Lipinski definition) is 0. The fourth-order valence-electron chi connectivity index (χ4n) is 1.48. The minimum absolute atomic E-state index is 0.587. The molecule has 0 N–H and O–H groups in total. The molecule has 1 radical (unpaired) electrons. The molecule has 1 nitrogen and oxygen atoms in total. The molecule has 9 heavy (non-hydrogen) atoms. The van der Waals surface area contributed by atoms with E-state index in [0.717, 1.165) is 25.7 Å². The van der Waals surface area contributed by atoms with Crippen LogP contribution in [0.1, 0.15) is 45.4 Å². The average Bonchev–Trinajstić information content (AvgIpc) is 1.92. The minimum atomic E-state index is -0.587. The molecule has 1 rings (SSSR count). The Morgan fingerprint density at radius 1 is 1.00 bits per heavy atom. The summed E-state index contributed by atoms with van der Waals surface area (Å²) in [7, 11) is 0. The van der Waals surface area contributed by atoms with Gasteiger partial charge in [0.2, 0.25) is 0 Å². The fourth-order valence-corrected chi connectivity index (χ4v) is 1.48. The van der Waals surface area contributed by atoms with Crippen molar-refractivity contribution < 1.29 is 5.11 Å². The standard InChI is InChI=1S/C8H15O/c1-8(9)6-4-2-3-5-7-8/h2-7H2,1H3. The van der Waals surface area contributed by atoms with Crippen molar-refractivity contribution in [2.24, 2.45) is 0 Å². The zero-order valence-electron chi connectivity index (χ0n) is 6.15. The van der Waals surface area contributed by atoms with E-state index in [4.69, 9.17) is 0 Å². The predicted molar refractivity (Wildman–Crippen MR) is 36.8 cm³/mol. The van der Waals surface area contributed by atoms with Crippen molar-refractivity contribution in [3.8, 4) is 0 Å². The van der Waals surface area contributed by atoms with E-state index in [1.165, 1.54) is 12.8 Å². The second-order valence-electron chi connectivity index (χ2n) is 3.36. The van der Waals surface area contributed by atoms with Crippen molar-refractivity contribution in [1.29, 1.82) is 0 Å². The van der Waals surface area contributed by atoms with Crippen LogP contribution in [0.15, 0.2) is 0 Å². The SMILES string of the molecule is CC1([O])CCCCCC1. The topological polar surface area (TPSA) is 19.9 Å². The summed E-state index contributed by atoms with van der Waals surface area (Å²) in [4.78, 5) is 0. The van der Waals surface area contributed by atoms with Gasteiger partial charge in [0, 0.05) is 0 Å². The number of rotatable bonds is 0. The highest BCUT2D eigenvalue weighted by atomic mass is 16.3. The molecule has 0 aromatic carbocycles. The van der Waals surface area contributed by atoms with Crippen molar-refractivity contribution in [2.45, 2.75) is 51.0 Å². The van der Waals surface area contributed by atoms with Crippen molar-refractivity contribution in [3.05, 3.63) is 0 Å². The molecule has 1 aliphatic rings. The summed E-state index contributed by atoms with van der Waals surface area (Å²) in [6.07, 6.45) is 6.65. The molecule has 0 aromatic rings. The van der Waals surface area contributed by atoms with E-state index in [9.17, 15) is 5.11 Å². The third kappa shape index (κ3) is 2.35. The summed E-state index contributed by atoms with van der Waals surface area (Å²) in [5, 5.41) is 11.3. The summed E-state index contributed by atoms with van der Waals surface area (Å²) < 4.78 is 0. The van der Waals surface area contributed by atoms with Gasteiger partial charge in [-0.25, -0.2) is 5.11 Å². The lowest BCUT2D eigenvalue weighted by atomic mass is 9.98. The van der Waals surface area contributed by atoms with Crippen LogP contribution in [0.25, 0.3) is 0 Å². The molecule has 0 unspecified atom stereocenters. The van der Waals surface area contributed by atoms with Crippen molar-refractivity contribution in [1.82, 2.24) is 0 Å². The Morgan fingerprint density at radius 2 is 1.44 bits per heavy atom. The van der Waals surface area contributed by atoms with Gasteiger partial charge in [0.25, 0.3) is 0 Å². The minimum Gasteiger partial charge on any atom is -0.230 e. The van der Waals surface area contributed by atoms with Gasteiger partial charge in [0.05, 0.1) is 0 Å². The summed E-state index contributed by atoms with van der Waals surface area (Å²) >= 11 is 0. The maximum atomic E-state index is 11.3. The van der Waals surface area contributed by atoms with Gasteiger partial charge in [-0.3, -0.25) is 0 Å². The first-order chi connectivity index (χ1) is 4.21. The van der Waals surface area contributed by atoms with Gasteiger partial charge in [-0.05, 0) is 19.8 Å². The van der Waals surface area contributed by atoms with E-state index in [2.05, 4.69) is 0 Å². The van der Waals surface area contributed by atoms with Crippen molar-refractivity contribution in [2.75, 3.05) is 0 Å². The van der Waals surface area contributed by atoms with Crippen LogP contribution in [0.2, 0.25) is 0 Å². The first-order valence-corrected chi connectivity index (χ1v) is 3.91. The zero-order chi connectivity index (χ0) is 6.74. The third-order valence-corrected chi connectivity index (χ3v) is 2.16. The van der Waals surface area contributed by atoms with E-state index >= 15 is 0 Å². The Hall–Kier alpha value is -0.0400. The van der Waals surface area contributed by atoms with Gasteiger partial charge in [0.15, 0.2) is 0 Å². The molecule has 1 aliphatic carbocycles. The molecule has 1 saturated carbocycles. The monoisotopic (exact) mass is 127 g/mol. The maximum absolute atomic E-state index is 11.3. The molecule has 0 aromatic heterocycles. The van der Waals surface area contributed by atoms with E-state index in [1.807, 2.05) is 6.92 Å². The molecule has 0 aliphatic heterocycles. The van der Waals surface area contributed by atoms with Crippen LogP contribution >= 0.6 is 0 Å². The normalized spacial score (nSPS) is 27.3. The van der Waals surface area contributed by atoms with Gasteiger partial charge in [-0.2, -0.15) is 0 Å². The lowest BCUT2D eigenvalue weighted by Gasteiger charge is -2.16. The van der Waals surface area contributed by atoms with Gasteiger partial charge in [-0.1, -0.05) is 25.7 Å². The Bertz CT molecular complexity index is 76.6. The van der Waals surface area contributed by atoms with Crippen LogP contribution in [0, 0.1) is 0 Å². The Morgan fingerprint density at radius 3 is 1.89 bits per heavy atom. The fraction of sp³-hybridized carbons (Fsp3) is 1.00. The van der Waals surface area contributed by atoms with E-state index < -0.39 is 5.60 Å². The van der Waals surface area contributed by atoms with E-state index in [-0.39, 0.29) is 0 Å². The molecule has 0 heterocycles.